The van der Waals surface area contributed by atoms with E-state index < -0.39 is 17.4 Å². The molecule has 1 saturated carbocycles. The van der Waals surface area contributed by atoms with Crippen molar-refractivity contribution in [2.45, 2.75) is 31.0 Å². The quantitative estimate of drug-likeness (QED) is 0.750. The highest BCUT2D eigenvalue weighted by Gasteiger charge is 2.44. The lowest BCUT2D eigenvalue weighted by Gasteiger charge is -2.44. The Morgan fingerprint density at radius 1 is 1.24 bits per heavy atom. The van der Waals surface area contributed by atoms with E-state index in [1.54, 1.807) is 13.2 Å². The van der Waals surface area contributed by atoms with E-state index in [0.717, 1.165) is 5.56 Å². The molecule has 1 aliphatic carbocycles. The molecule has 0 aliphatic heterocycles. The predicted molar refractivity (Wildman–Crippen MR) is 108 cm³/mol. The lowest BCUT2D eigenvalue weighted by Crippen LogP contribution is -2.47. The largest absolute Gasteiger partial charge is 0.497 e. The maximum Gasteiger partial charge on any atom is 0.341 e. The van der Waals surface area contributed by atoms with E-state index in [4.69, 9.17) is 9.47 Å². The molecule has 0 spiro atoms. The molecule has 29 heavy (non-hydrogen) atoms. The first-order chi connectivity index (χ1) is 13.8. The van der Waals surface area contributed by atoms with Gasteiger partial charge in [0.15, 0.2) is 0 Å². The van der Waals surface area contributed by atoms with Crippen LogP contribution in [0.5, 0.6) is 5.75 Å². The summed E-state index contributed by atoms with van der Waals surface area (Å²) in [6, 6.07) is 13.3. The second-order valence-electron chi connectivity index (χ2n) is 7.90. The minimum Gasteiger partial charge on any atom is -0.497 e. The van der Waals surface area contributed by atoms with Gasteiger partial charge >= 0.3 is 5.97 Å². The zero-order valence-electron chi connectivity index (χ0n) is 17.1. The summed E-state index contributed by atoms with van der Waals surface area (Å²) < 4.78 is 24.8. The molecule has 3 rings (SSSR count). The Morgan fingerprint density at radius 3 is 2.69 bits per heavy atom. The molecule has 5 nitrogen and oxygen atoms in total. The van der Waals surface area contributed by atoms with Crippen molar-refractivity contribution in [1.82, 2.24) is 4.90 Å². The molecule has 2 aromatic rings. The zero-order chi connectivity index (χ0) is 21.0. The molecule has 0 heterocycles. The van der Waals surface area contributed by atoms with Gasteiger partial charge < -0.3 is 19.5 Å². The van der Waals surface area contributed by atoms with Crippen LogP contribution in [-0.2, 0) is 10.3 Å². The summed E-state index contributed by atoms with van der Waals surface area (Å²) in [6.07, 6.45) is 1.05. The number of hydrogen-bond acceptors (Lipinski definition) is 5. The third-order valence-corrected chi connectivity index (χ3v) is 5.59. The van der Waals surface area contributed by atoms with Gasteiger partial charge in [-0.05, 0) is 63.2 Å². The normalized spacial score (nSPS) is 24.3. The van der Waals surface area contributed by atoms with Crippen LogP contribution in [0.3, 0.4) is 0 Å². The number of hydrogen-bond donors (Lipinski definition) is 1. The molecular formula is C23H28FNO4. The Bertz CT molecular complexity index is 856. The first-order valence-corrected chi connectivity index (χ1v) is 9.80. The third kappa shape index (κ3) is 4.77. The first-order valence-electron chi connectivity index (χ1n) is 9.80. The van der Waals surface area contributed by atoms with E-state index in [1.807, 2.05) is 43.3 Å². The van der Waals surface area contributed by atoms with Gasteiger partial charge in [0, 0.05) is 12.5 Å². The van der Waals surface area contributed by atoms with Gasteiger partial charge in [-0.25, -0.2) is 9.18 Å². The molecular weight excluding hydrogens is 373 g/mol. The van der Waals surface area contributed by atoms with Gasteiger partial charge in [-0.2, -0.15) is 0 Å². The van der Waals surface area contributed by atoms with Gasteiger partial charge in [0.2, 0.25) is 0 Å². The average molecular weight is 401 g/mol. The van der Waals surface area contributed by atoms with Crippen LogP contribution < -0.4 is 4.74 Å². The predicted octanol–water partition coefficient (Wildman–Crippen LogP) is 3.61. The second-order valence-corrected chi connectivity index (χ2v) is 7.90. The fourth-order valence-electron chi connectivity index (χ4n) is 4.10. The highest BCUT2D eigenvalue weighted by atomic mass is 19.1. The standard InChI is InChI=1S/C23H28FNO4/c1-25(2)15-17-14-19(29-22(26)20-9-4-5-10-21(20)24)11-12-23(17,27)16-7-6-8-18(13-16)28-3/h4-10,13,17,19,27H,11-12,14-15H2,1-3H3. The van der Waals surface area contributed by atoms with Crippen molar-refractivity contribution in [3.63, 3.8) is 0 Å². The van der Waals surface area contributed by atoms with Gasteiger partial charge in [0.25, 0.3) is 0 Å². The smallest absolute Gasteiger partial charge is 0.341 e. The minimum absolute atomic E-state index is 0.0645. The topological polar surface area (TPSA) is 59.0 Å². The summed E-state index contributed by atoms with van der Waals surface area (Å²) >= 11 is 0. The van der Waals surface area contributed by atoms with Gasteiger partial charge in [-0.3, -0.25) is 0 Å². The molecule has 0 amide bonds. The molecule has 1 fully saturated rings. The number of benzene rings is 2. The Hall–Kier alpha value is -2.44. The molecule has 3 unspecified atom stereocenters. The summed E-state index contributed by atoms with van der Waals surface area (Å²) in [5.74, 6) is -0.723. The van der Waals surface area contributed by atoms with Crippen LogP contribution >= 0.6 is 0 Å². The van der Waals surface area contributed by atoms with Crippen molar-refractivity contribution in [2.24, 2.45) is 5.92 Å². The van der Waals surface area contributed by atoms with Crippen LogP contribution in [0.2, 0.25) is 0 Å². The van der Waals surface area contributed by atoms with Crippen LogP contribution in [0.25, 0.3) is 0 Å². The van der Waals surface area contributed by atoms with Crippen molar-refractivity contribution < 1.29 is 23.8 Å². The Balaban J connectivity index is 1.79. The second kappa shape index (κ2) is 8.93. The number of halogens is 1. The summed E-state index contributed by atoms with van der Waals surface area (Å²) in [5.41, 5.74) is -0.326. The van der Waals surface area contributed by atoms with Crippen molar-refractivity contribution in [2.75, 3.05) is 27.7 Å². The van der Waals surface area contributed by atoms with Gasteiger partial charge in [-0.1, -0.05) is 24.3 Å². The van der Waals surface area contributed by atoms with E-state index >= 15 is 0 Å². The van der Waals surface area contributed by atoms with Crippen molar-refractivity contribution in [3.8, 4) is 5.75 Å². The van der Waals surface area contributed by atoms with Crippen molar-refractivity contribution in [1.29, 1.82) is 0 Å². The SMILES string of the molecule is COc1cccc(C2(O)CCC(OC(=O)c3ccccc3F)CC2CN(C)C)c1. The molecule has 0 bridgehead atoms. The molecule has 0 saturated heterocycles. The molecule has 1 N–H and O–H groups in total. The Morgan fingerprint density at radius 2 is 2.00 bits per heavy atom. The number of methoxy groups -OCH3 is 1. The Labute approximate surface area is 171 Å². The van der Waals surface area contributed by atoms with Crippen molar-refractivity contribution in [3.05, 3.63) is 65.5 Å². The first kappa shape index (κ1) is 21.3. The highest BCUT2D eigenvalue weighted by molar-refractivity contribution is 5.89. The molecule has 6 heteroatoms. The average Bonchev–Trinajstić information content (AvgIpc) is 2.70. The number of ether oxygens (including phenoxy) is 2. The van der Waals surface area contributed by atoms with Crippen LogP contribution in [0.4, 0.5) is 4.39 Å². The van der Waals surface area contributed by atoms with Gasteiger partial charge in [-0.15, -0.1) is 0 Å². The zero-order valence-corrected chi connectivity index (χ0v) is 17.1. The monoisotopic (exact) mass is 401 g/mol. The molecule has 0 radical (unpaired) electrons. The number of rotatable bonds is 6. The van der Waals surface area contributed by atoms with Gasteiger partial charge in [0.1, 0.15) is 17.7 Å². The maximum atomic E-state index is 13.9. The molecule has 0 aromatic heterocycles. The molecule has 2 aromatic carbocycles. The van der Waals surface area contributed by atoms with Crippen LogP contribution in [0.1, 0.15) is 35.2 Å². The number of nitrogens with zero attached hydrogens (tertiary/aromatic N) is 1. The van der Waals surface area contributed by atoms with E-state index in [2.05, 4.69) is 0 Å². The van der Waals surface area contributed by atoms with Gasteiger partial charge in [0.05, 0.1) is 18.3 Å². The summed E-state index contributed by atoms with van der Waals surface area (Å²) in [5, 5.41) is 11.6. The van der Waals surface area contributed by atoms with Crippen LogP contribution in [0, 0.1) is 11.7 Å². The van der Waals surface area contributed by atoms with Crippen molar-refractivity contribution >= 4 is 5.97 Å². The fraction of sp³-hybridized carbons (Fsp3) is 0.435. The fourth-order valence-corrected chi connectivity index (χ4v) is 4.10. The minimum atomic E-state index is -1.06. The lowest BCUT2D eigenvalue weighted by atomic mass is 9.70. The number of aliphatic hydroxyl groups is 1. The Kier molecular flexibility index (Phi) is 6.55. The van der Waals surface area contributed by atoms with E-state index in [1.165, 1.54) is 18.2 Å². The third-order valence-electron chi connectivity index (χ3n) is 5.59. The summed E-state index contributed by atoms with van der Waals surface area (Å²) in [4.78, 5) is 14.4. The highest BCUT2D eigenvalue weighted by Crippen LogP contribution is 2.43. The number of esters is 1. The van der Waals surface area contributed by atoms with Crippen LogP contribution in [0.15, 0.2) is 48.5 Å². The number of carbonyl (C=O) groups excluding carboxylic acids is 1. The molecule has 156 valence electrons. The summed E-state index contributed by atoms with van der Waals surface area (Å²) in [6.45, 7) is 0.626. The molecule has 3 atom stereocenters. The number of carbonyl (C=O) groups is 1. The van der Waals surface area contributed by atoms with E-state index in [0.29, 0.717) is 31.6 Å². The molecule has 1 aliphatic rings. The van der Waals surface area contributed by atoms with E-state index in [9.17, 15) is 14.3 Å². The lowest BCUT2D eigenvalue weighted by molar-refractivity contribution is -0.0961. The van der Waals surface area contributed by atoms with E-state index in [-0.39, 0.29) is 17.6 Å². The van der Waals surface area contributed by atoms with Crippen LogP contribution in [-0.4, -0.2) is 49.8 Å². The summed E-state index contributed by atoms with van der Waals surface area (Å²) in [7, 11) is 5.49. The maximum absolute atomic E-state index is 13.9.